The molecule has 6 nitrogen and oxygen atoms in total. The Bertz CT molecular complexity index is 388. The van der Waals surface area contributed by atoms with Gasteiger partial charge in [-0.15, -0.1) is 0 Å². The number of amidine groups is 1. The zero-order chi connectivity index (χ0) is 12.8. The SMILES string of the molecule is NC(=NO)C1(C(=O)NC2CCOC2C2CC2)CC1. The van der Waals surface area contributed by atoms with Gasteiger partial charge in [-0.1, -0.05) is 5.16 Å². The van der Waals surface area contributed by atoms with Crippen molar-refractivity contribution in [1.82, 2.24) is 5.32 Å². The predicted octanol–water partition coefficient (Wildman–Crippen LogP) is 0.197. The maximum atomic E-state index is 12.2. The van der Waals surface area contributed by atoms with Crippen LogP contribution in [-0.4, -0.2) is 35.7 Å². The lowest BCUT2D eigenvalue weighted by atomic mass is 10.0. The third-order valence-electron chi connectivity index (χ3n) is 4.32. The summed E-state index contributed by atoms with van der Waals surface area (Å²) in [5.74, 6) is 0.526. The molecule has 4 N–H and O–H groups in total. The van der Waals surface area contributed by atoms with E-state index in [1.165, 1.54) is 12.8 Å². The van der Waals surface area contributed by atoms with Gasteiger partial charge in [0, 0.05) is 6.61 Å². The lowest BCUT2D eigenvalue weighted by Crippen LogP contribution is -2.48. The third-order valence-corrected chi connectivity index (χ3v) is 4.32. The van der Waals surface area contributed by atoms with E-state index in [9.17, 15) is 4.79 Å². The van der Waals surface area contributed by atoms with Crippen LogP contribution in [0, 0.1) is 11.3 Å². The first kappa shape index (κ1) is 11.8. The molecule has 0 spiro atoms. The van der Waals surface area contributed by atoms with Gasteiger partial charge in [0.05, 0.1) is 12.1 Å². The van der Waals surface area contributed by atoms with Gasteiger partial charge in [-0.3, -0.25) is 4.79 Å². The molecule has 6 heteroatoms. The Balaban J connectivity index is 1.64. The van der Waals surface area contributed by atoms with Gasteiger partial charge in [0.1, 0.15) is 5.41 Å². The number of carbonyl (C=O) groups is 1. The second kappa shape index (κ2) is 4.12. The molecule has 0 aromatic carbocycles. The second-order valence-electron chi connectivity index (χ2n) is 5.61. The van der Waals surface area contributed by atoms with Gasteiger partial charge in [-0.25, -0.2) is 0 Å². The molecule has 1 heterocycles. The molecule has 3 rings (SSSR count). The fourth-order valence-electron chi connectivity index (χ4n) is 2.78. The number of oxime groups is 1. The van der Waals surface area contributed by atoms with Crippen molar-refractivity contribution in [2.45, 2.75) is 44.2 Å². The van der Waals surface area contributed by atoms with E-state index in [-0.39, 0.29) is 23.9 Å². The first-order valence-electron chi connectivity index (χ1n) is 6.58. The molecular weight excluding hydrogens is 234 g/mol. The van der Waals surface area contributed by atoms with Crippen LogP contribution in [0.5, 0.6) is 0 Å². The number of nitrogens with one attached hydrogen (secondary N) is 1. The van der Waals surface area contributed by atoms with Gasteiger partial charge in [0.25, 0.3) is 0 Å². The molecular formula is C12H19N3O3. The van der Waals surface area contributed by atoms with Gasteiger partial charge < -0.3 is 21.0 Å². The van der Waals surface area contributed by atoms with Crippen LogP contribution >= 0.6 is 0 Å². The maximum absolute atomic E-state index is 12.2. The third kappa shape index (κ3) is 1.84. The fraction of sp³-hybridized carbons (Fsp3) is 0.833. The zero-order valence-corrected chi connectivity index (χ0v) is 10.3. The summed E-state index contributed by atoms with van der Waals surface area (Å²) >= 11 is 0. The first-order valence-corrected chi connectivity index (χ1v) is 6.58. The van der Waals surface area contributed by atoms with Crippen LogP contribution in [0.25, 0.3) is 0 Å². The summed E-state index contributed by atoms with van der Waals surface area (Å²) in [6, 6.07) is 0.0916. The van der Waals surface area contributed by atoms with Crippen LogP contribution < -0.4 is 11.1 Å². The van der Waals surface area contributed by atoms with Crippen LogP contribution in [-0.2, 0) is 9.53 Å². The van der Waals surface area contributed by atoms with Gasteiger partial charge in [0.15, 0.2) is 5.84 Å². The number of carbonyl (C=O) groups excluding carboxylic acids is 1. The van der Waals surface area contributed by atoms with Crippen molar-refractivity contribution in [3.63, 3.8) is 0 Å². The van der Waals surface area contributed by atoms with E-state index in [4.69, 9.17) is 15.7 Å². The van der Waals surface area contributed by atoms with Crippen molar-refractivity contribution in [3.05, 3.63) is 0 Å². The number of ether oxygens (including phenoxy) is 1. The summed E-state index contributed by atoms with van der Waals surface area (Å²) in [7, 11) is 0. The van der Waals surface area contributed by atoms with E-state index in [0.29, 0.717) is 25.4 Å². The Labute approximate surface area is 106 Å². The Morgan fingerprint density at radius 3 is 2.67 bits per heavy atom. The molecule has 0 aromatic rings. The molecule has 2 saturated carbocycles. The molecule has 1 aliphatic heterocycles. The van der Waals surface area contributed by atoms with Crippen molar-refractivity contribution < 1.29 is 14.7 Å². The average Bonchev–Trinajstić information content (AvgIpc) is 3.28. The van der Waals surface area contributed by atoms with E-state index < -0.39 is 5.41 Å². The Morgan fingerprint density at radius 2 is 2.11 bits per heavy atom. The van der Waals surface area contributed by atoms with Crippen molar-refractivity contribution in [3.8, 4) is 0 Å². The Morgan fingerprint density at radius 1 is 1.39 bits per heavy atom. The van der Waals surface area contributed by atoms with Crippen LogP contribution in [0.2, 0.25) is 0 Å². The highest BCUT2D eigenvalue weighted by Gasteiger charge is 2.55. The van der Waals surface area contributed by atoms with E-state index in [1.807, 2.05) is 0 Å². The molecule has 1 amide bonds. The second-order valence-corrected chi connectivity index (χ2v) is 5.61. The Hall–Kier alpha value is -1.30. The molecule has 2 unspecified atom stereocenters. The lowest BCUT2D eigenvalue weighted by molar-refractivity contribution is -0.125. The van der Waals surface area contributed by atoms with Crippen molar-refractivity contribution >= 4 is 11.7 Å². The minimum atomic E-state index is -0.758. The standard InChI is InChI=1S/C12H19N3O3/c13-10(15-17)12(4-5-12)11(16)14-8-3-6-18-9(8)7-1-2-7/h7-9,17H,1-6H2,(H2,13,15)(H,14,16). The van der Waals surface area contributed by atoms with Crippen molar-refractivity contribution in [1.29, 1.82) is 0 Å². The summed E-state index contributed by atoms with van der Waals surface area (Å²) in [5.41, 5.74) is 4.84. The molecule has 2 aliphatic carbocycles. The quantitative estimate of drug-likeness (QED) is 0.288. The van der Waals surface area contributed by atoms with Crippen LogP contribution in [0.4, 0.5) is 0 Å². The number of amides is 1. The number of rotatable bonds is 4. The van der Waals surface area contributed by atoms with Gasteiger partial charge in [0.2, 0.25) is 5.91 Å². The highest BCUT2D eigenvalue weighted by Crippen LogP contribution is 2.46. The predicted molar refractivity (Wildman–Crippen MR) is 64.1 cm³/mol. The maximum Gasteiger partial charge on any atom is 0.234 e. The number of nitrogens with two attached hydrogens (primary N) is 1. The molecule has 3 fully saturated rings. The minimum absolute atomic E-state index is 0.0295. The highest BCUT2D eigenvalue weighted by molar-refractivity contribution is 6.09. The molecule has 18 heavy (non-hydrogen) atoms. The first-order chi connectivity index (χ1) is 8.67. The Kier molecular flexibility index (Phi) is 2.69. The molecule has 100 valence electrons. The van der Waals surface area contributed by atoms with E-state index in [2.05, 4.69) is 10.5 Å². The average molecular weight is 253 g/mol. The van der Waals surface area contributed by atoms with E-state index >= 15 is 0 Å². The summed E-state index contributed by atoms with van der Waals surface area (Å²) in [5, 5.41) is 14.7. The van der Waals surface area contributed by atoms with Crippen molar-refractivity contribution in [2.75, 3.05) is 6.61 Å². The van der Waals surface area contributed by atoms with E-state index in [1.54, 1.807) is 0 Å². The molecule has 0 radical (unpaired) electrons. The molecule has 1 saturated heterocycles. The van der Waals surface area contributed by atoms with Gasteiger partial charge in [-0.05, 0) is 38.0 Å². The number of hydrogen-bond acceptors (Lipinski definition) is 4. The molecule has 0 aromatic heterocycles. The van der Waals surface area contributed by atoms with E-state index in [0.717, 1.165) is 6.42 Å². The van der Waals surface area contributed by atoms with Crippen LogP contribution in [0.15, 0.2) is 5.16 Å². The molecule has 2 atom stereocenters. The summed E-state index contributed by atoms with van der Waals surface area (Å²) < 4.78 is 5.68. The largest absolute Gasteiger partial charge is 0.409 e. The van der Waals surface area contributed by atoms with Gasteiger partial charge in [-0.2, -0.15) is 0 Å². The highest BCUT2D eigenvalue weighted by atomic mass is 16.5. The summed E-state index contributed by atoms with van der Waals surface area (Å²) in [6.45, 7) is 0.711. The van der Waals surface area contributed by atoms with Gasteiger partial charge >= 0.3 is 0 Å². The monoisotopic (exact) mass is 253 g/mol. The summed E-state index contributed by atoms with van der Waals surface area (Å²) in [6.07, 6.45) is 4.74. The zero-order valence-electron chi connectivity index (χ0n) is 10.3. The normalized spacial score (nSPS) is 34.3. The molecule has 0 bridgehead atoms. The smallest absolute Gasteiger partial charge is 0.234 e. The lowest BCUT2D eigenvalue weighted by Gasteiger charge is -2.22. The van der Waals surface area contributed by atoms with Crippen LogP contribution in [0.1, 0.15) is 32.1 Å². The van der Waals surface area contributed by atoms with Crippen LogP contribution in [0.3, 0.4) is 0 Å². The fourth-order valence-corrected chi connectivity index (χ4v) is 2.78. The topological polar surface area (TPSA) is 96.9 Å². The number of nitrogens with zero attached hydrogens (tertiary/aromatic N) is 1. The number of hydrogen-bond donors (Lipinski definition) is 3. The van der Waals surface area contributed by atoms with Crippen molar-refractivity contribution in [2.24, 2.45) is 22.2 Å². The minimum Gasteiger partial charge on any atom is -0.409 e. The molecule has 3 aliphatic rings. The summed E-state index contributed by atoms with van der Waals surface area (Å²) in [4.78, 5) is 12.2.